The highest BCUT2D eigenvalue weighted by Gasteiger charge is 2.23. The molecule has 2 amide bonds. The zero-order valence-corrected chi connectivity index (χ0v) is 15.7. The second-order valence-corrected chi connectivity index (χ2v) is 6.62. The van der Waals surface area contributed by atoms with Gasteiger partial charge < -0.3 is 15.0 Å². The fourth-order valence-electron chi connectivity index (χ4n) is 3.20. The van der Waals surface area contributed by atoms with Crippen molar-refractivity contribution in [2.45, 2.75) is 0 Å². The first-order valence-corrected chi connectivity index (χ1v) is 9.08. The number of rotatable bonds is 4. The number of carbonyl (C=O) groups is 3. The van der Waals surface area contributed by atoms with Gasteiger partial charge in [0.05, 0.1) is 11.3 Å². The number of fused-ring (bicyclic) bond motifs is 1. The molecule has 0 unspecified atom stereocenters. The Morgan fingerprint density at radius 1 is 0.931 bits per heavy atom. The van der Waals surface area contributed by atoms with Gasteiger partial charge in [-0.25, -0.2) is 0 Å². The van der Waals surface area contributed by atoms with E-state index >= 15 is 0 Å². The summed E-state index contributed by atoms with van der Waals surface area (Å²) in [6.45, 7) is -0.0521. The van der Waals surface area contributed by atoms with Gasteiger partial charge in [0.2, 0.25) is 0 Å². The van der Waals surface area contributed by atoms with E-state index in [0.29, 0.717) is 28.1 Å². The van der Waals surface area contributed by atoms with E-state index in [9.17, 15) is 14.4 Å². The van der Waals surface area contributed by atoms with Gasteiger partial charge in [0.25, 0.3) is 11.8 Å². The zero-order valence-electron chi connectivity index (χ0n) is 15.7. The Hall–Kier alpha value is -3.93. The zero-order chi connectivity index (χ0) is 20.4. The lowest BCUT2D eigenvalue weighted by Gasteiger charge is -2.20. The van der Waals surface area contributed by atoms with Crippen molar-refractivity contribution in [1.29, 1.82) is 0 Å². The standard InChI is InChI=1S/C23H18N2O4/c1-25(16-7-3-2-4-8-16)23(28)18-10-6-5-9-17(18)22(27)15-11-12-20-19(13-15)24-21(26)14-29-20/h2-13H,14H2,1H3,(H,24,26). The maximum Gasteiger partial charge on any atom is 0.262 e. The van der Waals surface area contributed by atoms with Crippen LogP contribution >= 0.6 is 0 Å². The fourth-order valence-corrected chi connectivity index (χ4v) is 3.20. The average Bonchev–Trinajstić information content (AvgIpc) is 2.77. The molecule has 1 aliphatic rings. The Balaban J connectivity index is 1.68. The van der Waals surface area contributed by atoms with Crippen LogP contribution in [0.2, 0.25) is 0 Å². The van der Waals surface area contributed by atoms with Crippen molar-refractivity contribution in [3.8, 4) is 5.75 Å². The monoisotopic (exact) mass is 386 g/mol. The topological polar surface area (TPSA) is 75.7 Å². The van der Waals surface area contributed by atoms with Gasteiger partial charge in [-0.05, 0) is 36.4 Å². The van der Waals surface area contributed by atoms with Gasteiger partial charge >= 0.3 is 0 Å². The Bertz CT molecular complexity index is 1110. The van der Waals surface area contributed by atoms with E-state index in [-0.39, 0.29) is 24.2 Å². The van der Waals surface area contributed by atoms with Crippen molar-refractivity contribution in [2.75, 3.05) is 23.9 Å². The molecule has 0 saturated carbocycles. The van der Waals surface area contributed by atoms with Crippen LogP contribution in [-0.4, -0.2) is 31.3 Å². The molecular weight excluding hydrogens is 368 g/mol. The average molecular weight is 386 g/mol. The number of ketones is 1. The maximum absolute atomic E-state index is 13.2. The predicted molar refractivity (Wildman–Crippen MR) is 110 cm³/mol. The van der Waals surface area contributed by atoms with E-state index in [1.165, 1.54) is 4.90 Å². The predicted octanol–water partition coefficient (Wildman–Crippen LogP) is 3.53. The molecule has 6 nitrogen and oxygen atoms in total. The molecule has 4 rings (SSSR count). The molecule has 144 valence electrons. The number of hydrogen-bond donors (Lipinski definition) is 1. The maximum atomic E-state index is 13.2. The summed E-state index contributed by atoms with van der Waals surface area (Å²) in [5.74, 6) is -0.357. The first-order valence-electron chi connectivity index (χ1n) is 9.08. The first-order chi connectivity index (χ1) is 14.0. The van der Waals surface area contributed by atoms with Crippen LogP contribution in [0, 0.1) is 0 Å². The van der Waals surface area contributed by atoms with Crippen LogP contribution in [0.3, 0.4) is 0 Å². The quantitative estimate of drug-likeness (QED) is 0.696. The number of nitrogens with one attached hydrogen (secondary N) is 1. The van der Waals surface area contributed by atoms with Gasteiger partial charge in [0, 0.05) is 23.9 Å². The molecule has 0 radical (unpaired) electrons. The molecule has 0 bridgehead atoms. The summed E-state index contributed by atoms with van der Waals surface area (Å²) >= 11 is 0. The molecule has 0 atom stereocenters. The Morgan fingerprint density at radius 2 is 1.62 bits per heavy atom. The van der Waals surface area contributed by atoms with Crippen molar-refractivity contribution in [3.63, 3.8) is 0 Å². The lowest BCUT2D eigenvalue weighted by atomic mass is 9.97. The summed E-state index contributed by atoms with van der Waals surface area (Å²) in [7, 11) is 1.67. The van der Waals surface area contributed by atoms with Crippen LogP contribution in [0.4, 0.5) is 11.4 Å². The van der Waals surface area contributed by atoms with Gasteiger partial charge in [-0.1, -0.05) is 36.4 Å². The van der Waals surface area contributed by atoms with Crippen molar-refractivity contribution < 1.29 is 19.1 Å². The van der Waals surface area contributed by atoms with Gasteiger partial charge in [-0.15, -0.1) is 0 Å². The number of anilines is 2. The molecule has 0 aromatic heterocycles. The van der Waals surface area contributed by atoms with E-state index in [4.69, 9.17) is 4.74 Å². The third-order valence-electron chi connectivity index (χ3n) is 4.72. The number of amides is 2. The fraction of sp³-hybridized carbons (Fsp3) is 0.0870. The number of ether oxygens (including phenoxy) is 1. The number of carbonyl (C=O) groups excluding carboxylic acids is 3. The second kappa shape index (κ2) is 7.59. The van der Waals surface area contributed by atoms with Gasteiger partial charge in [0.1, 0.15) is 5.75 Å². The molecule has 6 heteroatoms. The molecule has 1 aliphatic heterocycles. The summed E-state index contributed by atoms with van der Waals surface area (Å²) < 4.78 is 5.33. The number of benzene rings is 3. The Kier molecular flexibility index (Phi) is 4.83. The lowest BCUT2D eigenvalue weighted by molar-refractivity contribution is -0.118. The minimum Gasteiger partial charge on any atom is -0.482 e. The van der Waals surface area contributed by atoms with Crippen LogP contribution in [0.5, 0.6) is 5.75 Å². The van der Waals surface area contributed by atoms with Gasteiger partial charge in [0.15, 0.2) is 12.4 Å². The highest BCUT2D eigenvalue weighted by atomic mass is 16.5. The molecule has 3 aromatic rings. The van der Waals surface area contributed by atoms with Crippen molar-refractivity contribution >= 4 is 29.0 Å². The van der Waals surface area contributed by atoms with Gasteiger partial charge in [-0.2, -0.15) is 0 Å². The summed E-state index contributed by atoms with van der Waals surface area (Å²) in [6.07, 6.45) is 0. The number of para-hydroxylation sites is 1. The molecule has 3 aromatic carbocycles. The summed E-state index contributed by atoms with van der Waals surface area (Å²) in [6, 6.07) is 20.8. The summed E-state index contributed by atoms with van der Waals surface area (Å²) in [5.41, 5.74) is 2.13. The normalized spacial score (nSPS) is 12.4. The smallest absolute Gasteiger partial charge is 0.262 e. The molecule has 1 N–H and O–H groups in total. The highest BCUT2D eigenvalue weighted by Crippen LogP contribution is 2.30. The molecular formula is C23H18N2O4. The lowest BCUT2D eigenvalue weighted by Crippen LogP contribution is -2.28. The molecule has 0 spiro atoms. The summed E-state index contributed by atoms with van der Waals surface area (Å²) in [4.78, 5) is 39.3. The first kappa shape index (κ1) is 18.4. The highest BCUT2D eigenvalue weighted by molar-refractivity contribution is 6.18. The van der Waals surface area contributed by atoms with E-state index in [1.54, 1.807) is 49.5 Å². The Morgan fingerprint density at radius 3 is 2.38 bits per heavy atom. The largest absolute Gasteiger partial charge is 0.482 e. The van der Waals surface area contributed by atoms with Crippen LogP contribution in [0.15, 0.2) is 72.8 Å². The van der Waals surface area contributed by atoms with Crippen LogP contribution in [0.1, 0.15) is 26.3 Å². The van der Waals surface area contributed by atoms with Crippen LogP contribution < -0.4 is 15.0 Å². The number of hydrogen-bond acceptors (Lipinski definition) is 4. The van der Waals surface area contributed by atoms with E-state index in [0.717, 1.165) is 5.69 Å². The van der Waals surface area contributed by atoms with Crippen LogP contribution in [-0.2, 0) is 4.79 Å². The van der Waals surface area contributed by atoms with Gasteiger partial charge in [-0.3, -0.25) is 14.4 Å². The third kappa shape index (κ3) is 3.60. The minimum absolute atomic E-state index is 0.0521. The SMILES string of the molecule is CN(C(=O)c1ccccc1C(=O)c1ccc2c(c1)NC(=O)CO2)c1ccccc1. The number of nitrogens with zero attached hydrogens (tertiary/aromatic N) is 1. The Labute approximate surface area is 167 Å². The molecule has 0 fully saturated rings. The molecule has 0 saturated heterocycles. The molecule has 29 heavy (non-hydrogen) atoms. The molecule has 1 heterocycles. The third-order valence-corrected chi connectivity index (χ3v) is 4.72. The molecule has 0 aliphatic carbocycles. The van der Waals surface area contributed by atoms with Crippen LogP contribution in [0.25, 0.3) is 0 Å². The minimum atomic E-state index is -0.307. The van der Waals surface area contributed by atoms with Crippen molar-refractivity contribution in [1.82, 2.24) is 0 Å². The second-order valence-electron chi connectivity index (χ2n) is 6.62. The summed E-state index contributed by atoms with van der Waals surface area (Å²) in [5, 5.41) is 2.69. The van der Waals surface area contributed by atoms with Crippen molar-refractivity contribution in [3.05, 3.63) is 89.5 Å². The van der Waals surface area contributed by atoms with Crippen molar-refractivity contribution in [2.24, 2.45) is 0 Å². The van der Waals surface area contributed by atoms with E-state index in [2.05, 4.69) is 5.32 Å². The van der Waals surface area contributed by atoms with E-state index in [1.807, 2.05) is 30.3 Å². The van der Waals surface area contributed by atoms with E-state index < -0.39 is 0 Å².